The standard InChI is InChI=1S/C18H16ClN3O3/c19-15-4-2-1-3-14(15)17-16(11-23)25-8-7-22(17)18(24)12-5-6-13(9-20)21-10-12/h1-6,10,16-17,23H,7-8,11H2/t16-,17-/m0/s1. The number of rotatable bonds is 3. The van der Waals surface area contributed by atoms with Gasteiger partial charge in [-0.15, -0.1) is 0 Å². The van der Waals surface area contributed by atoms with Crippen molar-refractivity contribution in [3.05, 3.63) is 64.4 Å². The number of nitrogens with zero attached hydrogens (tertiary/aromatic N) is 3. The zero-order valence-corrected chi connectivity index (χ0v) is 14.1. The predicted molar refractivity (Wildman–Crippen MR) is 91.0 cm³/mol. The Kier molecular flexibility index (Phi) is 5.29. The molecule has 2 heterocycles. The smallest absolute Gasteiger partial charge is 0.256 e. The van der Waals surface area contributed by atoms with Crippen molar-refractivity contribution >= 4 is 17.5 Å². The Morgan fingerprint density at radius 3 is 2.84 bits per heavy atom. The highest BCUT2D eigenvalue weighted by atomic mass is 35.5. The Bertz CT molecular complexity index is 804. The monoisotopic (exact) mass is 357 g/mol. The highest BCUT2D eigenvalue weighted by molar-refractivity contribution is 6.31. The van der Waals surface area contributed by atoms with Crippen molar-refractivity contribution in [1.29, 1.82) is 5.26 Å². The Labute approximate surface area is 150 Å². The molecule has 1 saturated heterocycles. The second kappa shape index (κ2) is 7.62. The molecule has 0 saturated carbocycles. The molecular weight excluding hydrogens is 342 g/mol. The van der Waals surface area contributed by atoms with Gasteiger partial charge in [-0.2, -0.15) is 5.26 Å². The Balaban J connectivity index is 1.97. The first-order valence-electron chi connectivity index (χ1n) is 7.79. The number of ether oxygens (including phenoxy) is 1. The van der Waals surface area contributed by atoms with Crippen LogP contribution in [0.25, 0.3) is 0 Å². The van der Waals surface area contributed by atoms with E-state index < -0.39 is 12.1 Å². The van der Waals surface area contributed by atoms with E-state index in [1.54, 1.807) is 23.1 Å². The van der Waals surface area contributed by atoms with E-state index in [0.29, 0.717) is 23.7 Å². The lowest BCUT2D eigenvalue weighted by Gasteiger charge is -2.41. The minimum atomic E-state index is -0.566. The molecule has 2 atom stereocenters. The summed E-state index contributed by atoms with van der Waals surface area (Å²) in [5.41, 5.74) is 1.34. The largest absolute Gasteiger partial charge is 0.394 e. The zero-order valence-electron chi connectivity index (χ0n) is 13.3. The lowest BCUT2D eigenvalue weighted by Crippen LogP contribution is -2.49. The molecule has 0 aliphatic carbocycles. The van der Waals surface area contributed by atoms with Gasteiger partial charge in [0.15, 0.2) is 0 Å². The van der Waals surface area contributed by atoms with Crippen molar-refractivity contribution in [1.82, 2.24) is 9.88 Å². The summed E-state index contributed by atoms with van der Waals surface area (Å²) in [5, 5.41) is 19.0. The first kappa shape index (κ1) is 17.4. The quantitative estimate of drug-likeness (QED) is 0.909. The zero-order chi connectivity index (χ0) is 17.8. The maximum absolute atomic E-state index is 13.0. The lowest BCUT2D eigenvalue weighted by molar-refractivity contribution is -0.0811. The number of benzene rings is 1. The van der Waals surface area contributed by atoms with Crippen LogP contribution < -0.4 is 0 Å². The second-order valence-electron chi connectivity index (χ2n) is 5.60. The highest BCUT2D eigenvalue weighted by Gasteiger charge is 2.37. The number of morpholine rings is 1. The van der Waals surface area contributed by atoms with Crippen LogP contribution in [0.4, 0.5) is 0 Å². The van der Waals surface area contributed by atoms with E-state index in [-0.39, 0.29) is 18.2 Å². The van der Waals surface area contributed by atoms with Gasteiger partial charge in [0.2, 0.25) is 0 Å². The van der Waals surface area contributed by atoms with Crippen molar-refractivity contribution in [2.45, 2.75) is 12.1 Å². The summed E-state index contributed by atoms with van der Waals surface area (Å²) in [5.74, 6) is -0.247. The number of hydrogen-bond acceptors (Lipinski definition) is 5. The highest BCUT2D eigenvalue weighted by Crippen LogP contribution is 2.34. The molecule has 1 aliphatic heterocycles. The van der Waals surface area contributed by atoms with Gasteiger partial charge in [-0.3, -0.25) is 4.79 Å². The van der Waals surface area contributed by atoms with Crippen LogP contribution >= 0.6 is 11.6 Å². The second-order valence-corrected chi connectivity index (χ2v) is 6.01. The normalized spacial score (nSPS) is 20.1. The molecule has 0 unspecified atom stereocenters. The van der Waals surface area contributed by atoms with Gasteiger partial charge in [0, 0.05) is 17.8 Å². The first-order valence-corrected chi connectivity index (χ1v) is 8.17. The number of amides is 1. The van der Waals surface area contributed by atoms with Crippen LogP contribution in [0.5, 0.6) is 0 Å². The summed E-state index contributed by atoms with van der Waals surface area (Å²) >= 11 is 6.31. The average molecular weight is 358 g/mol. The molecule has 1 N–H and O–H groups in total. The molecular formula is C18H16ClN3O3. The van der Waals surface area contributed by atoms with Gasteiger partial charge in [0.05, 0.1) is 24.8 Å². The Morgan fingerprint density at radius 1 is 1.40 bits per heavy atom. The van der Waals surface area contributed by atoms with Gasteiger partial charge in [-0.1, -0.05) is 29.8 Å². The average Bonchev–Trinajstić information content (AvgIpc) is 2.67. The molecule has 0 bridgehead atoms. The summed E-state index contributed by atoms with van der Waals surface area (Å²) in [4.78, 5) is 18.6. The number of pyridine rings is 1. The number of hydrogen-bond donors (Lipinski definition) is 1. The molecule has 2 aromatic rings. The number of aliphatic hydroxyl groups excluding tert-OH is 1. The molecule has 1 amide bonds. The topological polar surface area (TPSA) is 86.5 Å². The third-order valence-electron chi connectivity index (χ3n) is 4.14. The summed E-state index contributed by atoms with van der Waals surface area (Å²) in [6.07, 6.45) is 0.817. The van der Waals surface area contributed by atoms with E-state index in [1.807, 2.05) is 18.2 Å². The van der Waals surface area contributed by atoms with Gasteiger partial charge >= 0.3 is 0 Å². The van der Waals surface area contributed by atoms with Gasteiger partial charge in [0.25, 0.3) is 5.91 Å². The van der Waals surface area contributed by atoms with Crippen LogP contribution in [0.15, 0.2) is 42.6 Å². The molecule has 6 nitrogen and oxygen atoms in total. The first-order chi connectivity index (χ1) is 12.2. The fourth-order valence-corrected chi connectivity index (χ4v) is 3.20. The van der Waals surface area contributed by atoms with E-state index in [0.717, 1.165) is 5.56 Å². The van der Waals surface area contributed by atoms with Crippen molar-refractivity contribution in [3.8, 4) is 6.07 Å². The van der Waals surface area contributed by atoms with E-state index in [9.17, 15) is 9.90 Å². The van der Waals surface area contributed by atoms with Crippen LogP contribution in [0.2, 0.25) is 5.02 Å². The number of aromatic nitrogens is 1. The van der Waals surface area contributed by atoms with Crippen LogP contribution in [-0.2, 0) is 4.74 Å². The van der Waals surface area contributed by atoms with Gasteiger partial charge in [-0.05, 0) is 23.8 Å². The number of halogens is 1. The van der Waals surface area contributed by atoms with Crippen molar-refractivity contribution in [3.63, 3.8) is 0 Å². The lowest BCUT2D eigenvalue weighted by atomic mass is 9.97. The third-order valence-corrected chi connectivity index (χ3v) is 4.49. The predicted octanol–water partition coefficient (Wildman–Crippen LogP) is 2.18. The molecule has 1 fully saturated rings. The molecule has 128 valence electrons. The minimum absolute atomic E-state index is 0.231. The molecule has 7 heteroatoms. The molecule has 0 radical (unpaired) electrons. The molecule has 1 aromatic carbocycles. The number of aliphatic hydroxyl groups is 1. The molecule has 25 heavy (non-hydrogen) atoms. The number of nitriles is 1. The summed E-state index contributed by atoms with van der Waals surface area (Å²) in [6.45, 7) is 0.456. The van der Waals surface area contributed by atoms with Gasteiger partial charge in [0.1, 0.15) is 17.9 Å². The number of carbonyl (C=O) groups is 1. The van der Waals surface area contributed by atoms with E-state index in [2.05, 4.69) is 4.98 Å². The fourth-order valence-electron chi connectivity index (χ4n) is 2.95. The van der Waals surface area contributed by atoms with E-state index in [4.69, 9.17) is 21.6 Å². The van der Waals surface area contributed by atoms with Gasteiger partial charge in [-0.25, -0.2) is 4.98 Å². The molecule has 1 aromatic heterocycles. The summed E-state index contributed by atoms with van der Waals surface area (Å²) in [6, 6.07) is 11.7. The fraction of sp³-hybridized carbons (Fsp3) is 0.278. The molecule has 1 aliphatic rings. The molecule has 0 spiro atoms. The van der Waals surface area contributed by atoms with Crippen molar-refractivity contribution < 1.29 is 14.6 Å². The van der Waals surface area contributed by atoms with Crippen LogP contribution in [0.1, 0.15) is 27.7 Å². The van der Waals surface area contributed by atoms with Crippen LogP contribution in [-0.4, -0.2) is 46.8 Å². The maximum atomic E-state index is 13.0. The summed E-state index contributed by atoms with van der Waals surface area (Å²) in [7, 11) is 0. The number of carbonyl (C=O) groups excluding carboxylic acids is 1. The van der Waals surface area contributed by atoms with E-state index in [1.165, 1.54) is 12.3 Å². The van der Waals surface area contributed by atoms with Crippen LogP contribution in [0.3, 0.4) is 0 Å². The van der Waals surface area contributed by atoms with Crippen LogP contribution in [0, 0.1) is 11.3 Å². The SMILES string of the molecule is N#Cc1ccc(C(=O)N2CCO[C@@H](CO)[C@@H]2c2ccccc2Cl)cn1. The Hall–Kier alpha value is -2.46. The van der Waals surface area contributed by atoms with E-state index >= 15 is 0 Å². The third kappa shape index (κ3) is 3.49. The van der Waals surface area contributed by atoms with Crippen molar-refractivity contribution in [2.75, 3.05) is 19.8 Å². The minimum Gasteiger partial charge on any atom is -0.394 e. The summed E-state index contributed by atoms with van der Waals surface area (Å²) < 4.78 is 5.64. The Morgan fingerprint density at radius 2 is 2.20 bits per heavy atom. The molecule has 3 rings (SSSR count). The van der Waals surface area contributed by atoms with Gasteiger partial charge < -0.3 is 14.7 Å². The van der Waals surface area contributed by atoms with Crippen molar-refractivity contribution in [2.24, 2.45) is 0 Å². The maximum Gasteiger partial charge on any atom is 0.256 e.